The van der Waals surface area contributed by atoms with E-state index in [0.29, 0.717) is 24.4 Å². The predicted octanol–water partition coefficient (Wildman–Crippen LogP) is 2.01. The van der Waals surface area contributed by atoms with Gasteiger partial charge in [-0.05, 0) is 44.6 Å². The molecule has 2 saturated heterocycles. The third-order valence-corrected chi connectivity index (χ3v) is 4.31. The second kappa shape index (κ2) is 4.79. The van der Waals surface area contributed by atoms with Crippen LogP contribution in [0.2, 0.25) is 0 Å². The molecule has 0 spiro atoms. The summed E-state index contributed by atoms with van der Waals surface area (Å²) in [6.45, 7) is 1.98. The summed E-state index contributed by atoms with van der Waals surface area (Å²) in [4.78, 5) is 22.1. The Kier molecular flexibility index (Phi) is 3.12. The molecule has 0 amide bonds. The smallest absolute Gasteiger partial charge is 0.303 e. The SMILES string of the molecule is Cc1ccnc(N2C3CCC2CC(CC(=O)O)C3)n1. The van der Waals surface area contributed by atoms with Crippen LogP contribution in [0.4, 0.5) is 5.95 Å². The molecule has 0 aliphatic carbocycles. The minimum Gasteiger partial charge on any atom is -0.481 e. The molecule has 1 aromatic heterocycles. The van der Waals surface area contributed by atoms with E-state index in [2.05, 4.69) is 14.9 Å². The predicted molar refractivity (Wildman–Crippen MR) is 71.0 cm³/mol. The average molecular weight is 261 g/mol. The van der Waals surface area contributed by atoms with Crippen molar-refractivity contribution in [3.63, 3.8) is 0 Å². The van der Waals surface area contributed by atoms with Gasteiger partial charge in [-0.15, -0.1) is 0 Å². The van der Waals surface area contributed by atoms with E-state index in [9.17, 15) is 4.79 Å². The highest BCUT2D eigenvalue weighted by Gasteiger charge is 2.42. The molecule has 0 aromatic carbocycles. The van der Waals surface area contributed by atoms with Crippen molar-refractivity contribution in [2.75, 3.05) is 4.90 Å². The molecular formula is C14H19N3O2. The van der Waals surface area contributed by atoms with Crippen molar-refractivity contribution in [2.24, 2.45) is 5.92 Å². The van der Waals surface area contributed by atoms with Crippen molar-refractivity contribution < 1.29 is 9.90 Å². The van der Waals surface area contributed by atoms with E-state index < -0.39 is 5.97 Å². The topological polar surface area (TPSA) is 66.3 Å². The van der Waals surface area contributed by atoms with Crippen LogP contribution in [0.5, 0.6) is 0 Å². The van der Waals surface area contributed by atoms with E-state index in [1.807, 2.05) is 13.0 Å². The van der Waals surface area contributed by atoms with Crippen molar-refractivity contribution in [1.82, 2.24) is 9.97 Å². The van der Waals surface area contributed by atoms with Crippen LogP contribution < -0.4 is 4.90 Å². The Bertz CT molecular complexity index is 477. The van der Waals surface area contributed by atoms with Crippen LogP contribution in [0.25, 0.3) is 0 Å². The van der Waals surface area contributed by atoms with Gasteiger partial charge in [-0.1, -0.05) is 0 Å². The molecule has 1 aromatic rings. The van der Waals surface area contributed by atoms with Gasteiger partial charge in [-0.25, -0.2) is 9.97 Å². The molecule has 1 N–H and O–H groups in total. The summed E-state index contributed by atoms with van der Waals surface area (Å²) in [6, 6.07) is 2.75. The number of carboxylic acids is 1. The highest BCUT2D eigenvalue weighted by Crippen LogP contribution is 2.41. The number of anilines is 1. The summed E-state index contributed by atoms with van der Waals surface area (Å²) >= 11 is 0. The fraction of sp³-hybridized carbons (Fsp3) is 0.643. The van der Waals surface area contributed by atoms with Gasteiger partial charge in [0.15, 0.2) is 0 Å². The minimum absolute atomic E-state index is 0.301. The van der Waals surface area contributed by atoms with Gasteiger partial charge in [0, 0.05) is 30.4 Å². The Morgan fingerprint density at radius 1 is 1.42 bits per heavy atom. The number of carboxylic acid groups (broad SMARTS) is 1. The molecule has 2 atom stereocenters. The number of carbonyl (C=O) groups is 1. The van der Waals surface area contributed by atoms with Crippen LogP contribution in [0.15, 0.2) is 12.3 Å². The number of aryl methyl sites for hydroxylation is 1. The van der Waals surface area contributed by atoms with E-state index in [4.69, 9.17) is 5.11 Å². The van der Waals surface area contributed by atoms with Gasteiger partial charge in [0.05, 0.1) is 0 Å². The Balaban J connectivity index is 1.78. The van der Waals surface area contributed by atoms with Crippen molar-refractivity contribution in [3.8, 4) is 0 Å². The van der Waals surface area contributed by atoms with Gasteiger partial charge in [0.25, 0.3) is 0 Å². The maximum atomic E-state index is 10.9. The highest BCUT2D eigenvalue weighted by molar-refractivity contribution is 5.67. The zero-order valence-electron chi connectivity index (χ0n) is 11.1. The quantitative estimate of drug-likeness (QED) is 0.901. The van der Waals surface area contributed by atoms with Crippen LogP contribution in [0.3, 0.4) is 0 Å². The Labute approximate surface area is 112 Å². The molecule has 3 rings (SSSR count). The van der Waals surface area contributed by atoms with Crippen molar-refractivity contribution in [1.29, 1.82) is 0 Å². The lowest BCUT2D eigenvalue weighted by Gasteiger charge is -2.38. The largest absolute Gasteiger partial charge is 0.481 e. The molecule has 0 saturated carbocycles. The van der Waals surface area contributed by atoms with E-state index in [1.165, 1.54) is 0 Å². The second-order valence-electron chi connectivity index (χ2n) is 5.73. The summed E-state index contributed by atoms with van der Waals surface area (Å²) in [5, 5.41) is 8.94. The van der Waals surface area contributed by atoms with Crippen molar-refractivity contribution in [3.05, 3.63) is 18.0 Å². The number of hydrogen-bond donors (Lipinski definition) is 1. The molecule has 2 aliphatic rings. The first-order valence-corrected chi connectivity index (χ1v) is 6.93. The first kappa shape index (κ1) is 12.4. The van der Waals surface area contributed by atoms with Crippen molar-refractivity contribution >= 4 is 11.9 Å². The lowest BCUT2D eigenvalue weighted by Crippen LogP contribution is -2.44. The Morgan fingerprint density at radius 2 is 2.11 bits per heavy atom. The first-order valence-electron chi connectivity index (χ1n) is 6.93. The molecule has 19 heavy (non-hydrogen) atoms. The molecule has 3 heterocycles. The summed E-state index contributed by atoms with van der Waals surface area (Å²) in [6.07, 6.45) is 6.30. The normalized spacial score (nSPS) is 29.5. The average Bonchev–Trinajstić information content (AvgIpc) is 2.61. The summed E-state index contributed by atoms with van der Waals surface area (Å²) in [7, 11) is 0. The highest BCUT2D eigenvalue weighted by atomic mass is 16.4. The van der Waals surface area contributed by atoms with Gasteiger partial charge in [-0.2, -0.15) is 0 Å². The molecule has 2 unspecified atom stereocenters. The lowest BCUT2D eigenvalue weighted by molar-refractivity contribution is -0.138. The molecule has 5 nitrogen and oxygen atoms in total. The number of aliphatic carboxylic acids is 1. The van der Waals surface area contributed by atoms with E-state index in [0.717, 1.165) is 37.3 Å². The number of piperidine rings is 1. The first-order chi connectivity index (χ1) is 9.13. The second-order valence-corrected chi connectivity index (χ2v) is 5.73. The van der Waals surface area contributed by atoms with Gasteiger partial charge in [-0.3, -0.25) is 4.79 Å². The zero-order chi connectivity index (χ0) is 13.4. The Morgan fingerprint density at radius 3 is 2.68 bits per heavy atom. The molecule has 5 heteroatoms. The van der Waals surface area contributed by atoms with Crippen LogP contribution >= 0.6 is 0 Å². The van der Waals surface area contributed by atoms with Gasteiger partial charge >= 0.3 is 5.97 Å². The van der Waals surface area contributed by atoms with Gasteiger partial charge in [0.2, 0.25) is 5.95 Å². The standard InChI is InChI=1S/C14H19N3O2/c1-9-4-5-15-14(16-9)17-11-2-3-12(17)7-10(6-11)8-13(18)19/h4-5,10-12H,2-3,6-8H2,1H3,(H,18,19). The molecule has 0 radical (unpaired) electrons. The van der Waals surface area contributed by atoms with E-state index >= 15 is 0 Å². The third-order valence-electron chi connectivity index (χ3n) is 4.31. The maximum absolute atomic E-state index is 10.9. The Hall–Kier alpha value is -1.65. The zero-order valence-corrected chi connectivity index (χ0v) is 11.1. The van der Waals surface area contributed by atoms with Gasteiger partial charge < -0.3 is 10.0 Å². The number of hydrogen-bond acceptors (Lipinski definition) is 4. The van der Waals surface area contributed by atoms with Crippen LogP contribution in [0.1, 0.15) is 37.8 Å². The molecule has 102 valence electrons. The third kappa shape index (κ3) is 2.41. The number of fused-ring (bicyclic) bond motifs is 2. The maximum Gasteiger partial charge on any atom is 0.303 e. The molecular weight excluding hydrogens is 242 g/mol. The monoisotopic (exact) mass is 261 g/mol. The number of aromatic nitrogens is 2. The van der Waals surface area contributed by atoms with Crippen LogP contribution in [0, 0.1) is 12.8 Å². The van der Waals surface area contributed by atoms with Crippen LogP contribution in [-0.4, -0.2) is 33.1 Å². The lowest BCUT2D eigenvalue weighted by atomic mass is 9.88. The fourth-order valence-corrected chi connectivity index (χ4v) is 3.59. The van der Waals surface area contributed by atoms with Crippen LogP contribution in [-0.2, 0) is 4.79 Å². The molecule has 2 bridgehead atoms. The molecule has 2 aliphatic heterocycles. The fourth-order valence-electron chi connectivity index (χ4n) is 3.59. The summed E-state index contributed by atoms with van der Waals surface area (Å²) in [5.74, 6) is 0.460. The summed E-state index contributed by atoms with van der Waals surface area (Å²) < 4.78 is 0. The van der Waals surface area contributed by atoms with Crippen molar-refractivity contribution in [2.45, 2.75) is 51.1 Å². The van der Waals surface area contributed by atoms with Gasteiger partial charge in [0.1, 0.15) is 0 Å². The number of rotatable bonds is 3. The van der Waals surface area contributed by atoms with E-state index in [-0.39, 0.29) is 0 Å². The van der Waals surface area contributed by atoms with E-state index in [1.54, 1.807) is 6.20 Å². The minimum atomic E-state index is -0.676. The summed E-state index contributed by atoms with van der Waals surface area (Å²) in [5.41, 5.74) is 0.983. The molecule has 2 fully saturated rings. The number of nitrogens with zero attached hydrogens (tertiary/aromatic N) is 3.